The molecule has 1 saturated carbocycles. The maximum atomic E-state index is 11.8. The van der Waals surface area contributed by atoms with E-state index in [2.05, 4.69) is 34.6 Å². The Hall–Kier alpha value is -2.05. The number of carbonyl (C=O) groups excluding carboxylic acids is 1. The molecule has 0 aromatic carbocycles. The molecule has 0 spiro atoms. The minimum absolute atomic E-state index is 0.0131. The van der Waals surface area contributed by atoms with Gasteiger partial charge in [0.2, 0.25) is 5.91 Å². The summed E-state index contributed by atoms with van der Waals surface area (Å²) in [5, 5.41) is 11.4. The van der Waals surface area contributed by atoms with Gasteiger partial charge >= 0.3 is 0 Å². The van der Waals surface area contributed by atoms with Crippen molar-refractivity contribution in [1.29, 1.82) is 0 Å². The third kappa shape index (κ3) is 5.75. The number of rotatable bonds is 7. The van der Waals surface area contributed by atoms with Gasteiger partial charge in [0, 0.05) is 39.4 Å². The number of hydrogen-bond donors (Lipinski definition) is 2. The molecule has 1 heterocycles. The molecular formula is C19H34N6O. The summed E-state index contributed by atoms with van der Waals surface area (Å²) in [5.41, 5.74) is 3.68. The van der Waals surface area contributed by atoms with Crippen molar-refractivity contribution < 1.29 is 4.79 Å². The first-order chi connectivity index (χ1) is 12.4. The molecule has 1 fully saturated rings. The van der Waals surface area contributed by atoms with Gasteiger partial charge in [-0.2, -0.15) is 5.10 Å². The van der Waals surface area contributed by atoms with Crippen molar-refractivity contribution in [2.24, 2.45) is 12.0 Å². The number of nitrogens with zero attached hydrogens (tertiary/aromatic N) is 4. The predicted octanol–water partition coefficient (Wildman–Crippen LogP) is 1.54. The maximum Gasteiger partial charge on any atom is 0.243 e. The molecule has 7 nitrogen and oxygen atoms in total. The highest BCUT2D eigenvalue weighted by molar-refractivity contribution is 5.84. The molecule has 0 unspecified atom stereocenters. The van der Waals surface area contributed by atoms with Crippen LogP contribution in [0.2, 0.25) is 0 Å². The van der Waals surface area contributed by atoms with Crippen molar-refractivity contribution >= 4 is 11.9 Å². The van der Waals surface area contributed by atoms with Crippen LogP contribution in [0.1, 0.15) is 49.1 Å². The fourth-order valence-electron chi connectivity index (χ4n) is 3.36. The molecule has 146 valence electrons. The van der Waals surface area contributed by atoms with Crippen LogP contribution in [-0.4, -0.2) is 59.8 Å². The largest absolute Gasteiger partial charge is 0.356 e. The van der Waals surface area contributed by atoms with Crippen LogP contribution in [0.15, 0.2) is 4.99 Å². The number of nitrogens with one attached hydrogen (secondary N) is 2. The van der Waals surface area contributed by atoms with E-state index >= 15 is 0 Å². The van der Waals surface area contributed by atoms with E-state index in [9.17, 15) is 4.79 Å². The van der Waals surface area contributed by atoms with Crippen molar-refractivity contribution in [3.05, 3.63) is 17.0 Å². The number of aromatic nitrogens is 2. The lowest BCUT2D eigenvalue weighted by Gasteiger charge is -2.18. The maximum absolute atomic E-state index is 11.8. The van der Waals surface area contributed by atoms with Crippen molar-refractivity contribution in [3.63, 3.8) is 0 Å². The highest BCUT2D eigenvalue weighted by atomic mass is 16.2. The molecule has 0 atom stereocenters. The van der Waals surface area contributed by atoms with Crippen molar-refractivity contribution in [1.82, 2.24) is 25.3 Å². The summed E-state index contributed by atoms with van der Waals surface area (Å²) in [7, 11) is 5.50. The zero-order chi connectivity index (χ0) is 19.1. The van der Waals surface area contributed by atoms with Gasteiger partial charge in [0.05, 0.1) is 5.69 Å². The molecule has 1 aromatic rings. The highest BCUT2D eigenvalue weighted by Gasteiger charge is 2.16. The zero-order valence-corrected chi connectivity index (χ0v) is 16.9. The number of amides is 1. The molecule has 1 aromatic heterocycles. The molecule has 2 N–H and O–H groups in total. The molecule has 7 heteroatoms. The number of aliphatic imine (C=N–C) groups is 1. The number of hydrogen-bond acceptors (Lipinski definition) is 3. The molecule has 1 aliphatic carbocycles. The Morgan fingerprint density at radius 1 is 1.31 bits per heavy atom. The zero-order valence-electron chi connectivity index (χ0n) is 16.9. The van der Waals surface area contributed by atoms with E-state index < -0.39 is 0 Å². The van der Waals surface area contributed by atoms with Gasteiger partial charge in [0.1, 0.15) is 6.54 Å². The van der Waals surface area contributed by atoms with E-state index in [1.807, 2.05) is 11.7 Å². The van der Waals surface area contributed by atoms with Gasteiger partial charge in [-0.05, 0) is 45.1 Å². The number of likely N-dealkylation sites (N-methyl/N-ethyl adjacent to an activating group) is 1. The van der Waals surface area contributed by atoms with Gasteiger partial charge in [0.25, 0.3) is 0 Å². The van der Waals surface area contributed by atoms with E-state index in [1.165, 1.54) is 36.9 Å². The normalized spacial score (nSPS) is 15.3. The van der Waals surface area contributed by atoms with E-state index in [1.54, 1.807) is 19.0 Å². The van der Waals surface area contributed by atoms with Crippen LogP contribution in [-0.2, 0) is 18.3 Å². The second kappa shape index (κ2) is 9.59. The summed E-state index contributed by atoms with van der Waals surface area (Å²) in [6.45, 7) is 5.18. The Kier molecular flexibility index (Phi) is 7.48. The summed E-state index contributed by atoms with van der Waals surface area (Å²) in [4.78, 5) is 17.9. The SMILES string of the molecule is Cc1nn(C)c(C)c1CCCNC(=NCC(=O)N(C)C)NC1CCCC1. The van der Waals surface area contributed by atoms with Gasteiger partial charge in [-0.25, -0.2) is 4.99 Å². The lowest BCUT2D eigenvalue weighted by molar-refractivity contribution is -0.127. The summed E-state index contributed by atoms with van der Waals surface area (Å²) in [6, 6.07) is 0.471. The first-order valence-corrected chi connectivity index (χ1v) is 9.62. The first kappa shape index (κ1) is 20.3. The smallest absolute Gasteiger partial charge is 0.243 e. The fraction of sp³-hybridized carbons (Fsp3) is 0.737. The van der Waals surface area contributed by atoms with E-state index in [4.69, 9.17) is 0 Å². The van der Waals surface area contributed by atoms with Crippen LogP contribution < -0.4 is 10.6 Å². The first-order valence-electron chi connectivity index (χ1n) is 9.62. The van der Waals surface area contributed by atoms with Gasteiger partial charge < -0.3 is 15.5 Å². The van der Waals surface area contributed by atoms with E-state index in [-0.39, 0.29) is 12.5 Å². The molecule has 0 radical (unpaired) electrons. The van der Waals surface area contributed by atoms with Crippen molar-refractivity contribution in [3.8, 4) is 0 Å². The Bertz CT molecular complexity index is 628. The van der Waals surface area contributed by atoms with E-state index in [0.29, 0.717) is 6.04 Å². The van der Waals surface area contributed by atoms with Crippen LogP contribution in [0.4, 0.5) is 0 Å². The molecule has 0 saturated heterocycles. The van der Waals surface area contributed by atoms with Crippen LogP contribution in [0.25, 0.3) is 0 Å². The molecule has 26 heavy (non-hydrogen) atoms. The standard InChI is InChI=1S/C19H34N6O/c1-14-17(15(2)25(5)23-14)11-8-12-20-19(21-13-18(26)24(3)4)22-16-9-6-7-10-16/h16H,6-13H2,1-5H3,(H2,20,21,22). The van der Waals surface area contributed by atoms with E-state index in [0.717, 1.165) is 31.0 Å². The second-order valence-electron chi connectivity index (χ2n) is 7.38. The topological polar surface area (TPSA) is 74.5 Å². The summed E-state index contributed by atoms with van der Waals surface area (Å²) >= 11 is 0. The monoisotopic (exact) mass is 362 g/mol. The fourth-order valence-corrected chi connectivity index (χ4v) is 3.36. The minimum Gasteiger partial charge on any atom is -0.356 e. The molecule has 0 aliphatic heterocycles. The lowest BCUT2D eigenvalue weighted by Crippen LogP contribution is -2.43. The Morgan fingerprint density at radius 3 is 2.58 bits per heavy atom. The number of guanidine groups is 1. The molecule has 1 amide bonds. The summed E-state index contributed by atoms with van der Waals surface area (Å²) in [6.07, 6.45) is 6.88. The second-order valence-corrected chi connectivity index (χ2v) is 7.38. The van der Waals surface area contributed by atoms with Crippen LogP contribution in [0.3, 0.4) is 0 Å². The third-order valence-corrected chi connectivity index (χ3v) is 5.12. The number of aryl methyl sites for hydroxylation is 2. The van der Waals surface area contributed by atoms with Gasteiger partial charge in [-0.15, -0.1) is 0 Å². The van der Waals surface area contributed by atoms with Gasteiger partial charge in [-0.1, -0.05) is 12.8 Å². The molecule has 1 aliphatic rings. The quantitative estimate of drug-likeness (QED) is 0.438. The predicted molar refractivity (Wildman–Crippen MR) is 105 cm³/mol. The Balaban J connectivity index is 1.86. The van der Waals surface area contributed by atoms with Crippen molar-refractivity contribution in [2.75, 3.05) is 27.2 Å². The Labute approximate surface area is 157 Å². The highest BCUT2D eigenvalue weighted by Crippen LogP contribution is 2.17. The van der Waals surface area contributed by atoms with Gasteiger partial charge in [-0.3, -0.25) is 9.48 Å². The average molecular weight is 363 g/mol. The minimum atomic E-state index is 0.0131. The molecule has 0 bridgehead atoms. The van der Waals surface area contributed by atoms with Crippen LogP contribution in [0.5, 0.6) is 0 Å². The Morgan fingerprint density at radius 2 is 2.00 bits per heavy atom. The molecular weight excluding hydrogens is 328 g/mol. The summed E-state index contributed by atoms with van der Waals surface area (Å²) in [5.74, 6) is 0.769. The van der Waals surface area contributed by atoms with Crippen LogP contribution in [0, 0.1) is 13.8 Å². The van der Waals surface area contributed by atoms with Crippen LogP contribution >= 0.6 is 0 Å². The molecule has 2 rings (SSSR count). The number of carbonyl (C=O) groups is 1. The third-order valence-electron chi connectivity index (χ3n) is 5.12. The summed E-state index contributed by atoms with van der Waals surface area (Å²) < 4.78 is 1.94. The lowest BCUT2D eigenvalue weighted by atomic mass is 10.1. The average Bonchev–Trinajstić information content (AvgIpc) is 3.18. The van der Waals surface area contributed by atoms with Gasteiger partial charge in [0.15, 0.2) is 5.96 Å². The van der Waals surface area contributed by atoms with Crippen molar-refractivity contribution in [2.45, 2.75) is 58.4 Å².